The lowest BCUT2D eigenvalue weighted by Crippen LogP contribution is -2.07. The van der Waals surface area contributed by atoms with Gasteiger partial charge >= 0.3 is 5.97 Å². The lowest BCUT2D eigenvalue weighted by molar-refractivity contribution is -0.143. The molecule has 0 aliphatic carbocycles. The van der Waals surface area contributed by atoms with Gasteiger partial charge in [0.2, 0.25) is 0 Å². The zero-order valence-corrected chi connectivity index (χ0v) is 24.7. The van der Waals surface area contributed by atoms with E-state index in [0.717, 1.165) is 31.1 Å². The summed E-state index contributed by atoms with van der Waals surface area (Å²) in [6.45, 7) is 9.87. The molecule has 204 valence electrons. The largest absolute Gasteiger partial charge is 0.466 e. The average Bonchev–Trinajstić information content (AvgIpc) is 2.78. The summed E-state index contributed by atoms with van der Waals surface area (Å²) in [5, 5.41) is 0.439. The van der Waals surface area contributed by atoms with Crippen LogP contribution in [0.15, 0.2) is 0 Å². The van der Waals surface area contributed by atoms with Gasteiger partial charge in [-0.3, -0.25) is 4.79 Å². The van der Waals surface area contributed by atoms with Gasteiger partial charge in [0.05, 0.1) is 6.61 Å². The minimum Gasteiger partial charge on any atom is -0.466 e. The summed E-state index contributed by atoms with van der Waals surface area (Å²) in [5.41, 5.74) is 0. The molecule has 0 N–H and O–H groups in total. The fourth-order valence-corrected chi connectivity index (χ4v) is 4.96. The standard InChI is InChI=1S/C31H62O2S/c1-28(2)22-17-13-9-5-6-11-15-19-24-30(34)25-21-26-31(32)33-27-20-16-12-8-7-10-14-18-23-29(3)4/h28-30,34H,5-27H2,1-4H3. The van der Waals surface area contributed by atoms with Crippen LogP contribution in [0.3, 0.4) is 0 Å². The van der Waals surface area contributed by atoms with Gasteiger partial charge in [-0.1, -0.05) is 137 Å². The molecule has 0 saturated heterocycles. The highest BCUT2D eigenvalue weighted by Gasteiger charge is 2.07. The van der Waals surface area contributed by atoms with Crippen LogP contribution in [0.4, 0.5) is 0 Å². The van der Waals surface area contributed by atoms with Crippen molar-refractivity contribution in [2.24, 2.45) is 11.8 Å². The molecule has 0 heterocycles. The third kappa shape index (κ3) is 28.1. The number of esters is 1. The predicted octanol–water partition coefficient (Wildman–Crippen LogP) is 10.7. The van der Waals surface area contributed by atoms with Crippen molar-refractivity contribution in [2.45, 2.75) is 174 Å². The number of rotatable bonds is 26. The molecule has 0 aromatic rings. The van der Waals surface area contributed by atoms with Gasteiger partial charge in [0.15, 0.2) is 0 Å². The number of carbonyl (C=O) groups excluding carboxylic acids is 1. The minimum absolute atomic E-state index is 0.0147. The molecule has 0 rings (SSSR count). The van der Waals surface area contributed by atoms with Crippen molar-refractivity contribution in [3.8, 4) is 0 Å². The Bertz CT molecular complexity index is 422. The first-order chi connectivity index (χ1) is 16.4. The fourth-order valence-electron chi connectivity index (χ4n) is 4.59. The Morgan fingerprint density at radius 3 is 1.32 bits per heavy atom. The normalized spacial score (nSPS) is 12.6. The van der Waals surface area contributed by atoms with Crippen molar-refractivity contribution in [1.82, 2.24) is 0 Å². The summed E-state index contributed by atoms with van der Waals surface area (Å²) in [7, 11) is 0. The van der Waals surface area contributed by atoms with E-state index in [-0.39, 0.29) is 5.97 Å². The van der Waals surface area contributed by atoms with Crippen LogP contribution in [0.25, 0.3) is 0 Å². The summed E-state index contributed by atoms with van der Waals surface area (Å²) >= 11 is 4.73. The summed E-state index contributed by atoms with van der Waals surface area (Å²) in [4.78, 5) is 11.9. The maximum Gasteiger partial charge on any atom is 0.305 e. The predicted molar refractivity (Wildman–Crippen MR) is 155 cm³/mol. The fraction of sp³-hybridized carbons (Fsp3) is 0.968. The molecule has 2 nitrogen and oxygen atoms in total. The molecule has 1 atom stereocenters. The molecule has 0 bridgehead atoms. The van der Waals surface area contributed by atoms with Crippen molar-refractivity contribution < 1.29 is 9.53 Å². The molecular weight excluding hydrogens is 436 g/mol. The Kier molecular flexibility index (Phi) is 25.8. The SMILES string of the molecule is CC(C)CCCCCCCCCCOC(=O)CCCC(S)CCCCCCCCCCC(C)C. The smallest absolute Gasteiger partial charge is 0.305 e. The average molecular weight is 499 g/mol. The molecular formula is C31H62O2S. The highest BCUT2D eigenvalue weighted by atomic mass is 32.1. The Labute approximate surface area is 220 Å². The summed E-state index contributed by atoms with van der Waals surface area (Å²) in [6.07, 6.45) is 27.8. The van der Waals surface area contributed by atoms with Gasteiger partial charge in [0.1, 0.15) is 0 Å². The quantitative estimate of drug-likeness (QED) is 0.0729. The van der Waals surface area contributed by atoms with Crippen molar-refractivity contribution in [1.29, 1.82) is 0 Å². The van der Waals surface area contributed by atoms with E-state index >= 15 is 0 Å². The van der Waals surface area contributed by atoms with Gasteiger partial charge in [-0.25, -0.2) is 0 Å². The van der Waals surface area contributed by atoms with Crippen LogP contribution in [0.2, 0.25) is 0 Å². The topological polar surface area (TPSA) is 26.3 Å². The lowest BCUT2D eigenvalue weighted by atomic mass is 10.0. The lowest BCUT2D eigenvalue weighted by Gasteiger charge is -2.10. The first-order valence-corrected chi connectivity index (χ1v) is 15.8. The summed E-state index contributed by atoms with van der Waals surface area (Å²) in [5.74, 6) is 1.69. The summed E-state index contributed by atoms with van der Waals surface area (Å²) in [6, 6.07) is 0. The second-order valence-electron chi connectivity index (χ2n) is 11.6. The second-order valence-corrected chi connectivity index (χ2v) is 12.3. The zero-order valence-electron chi connectivity index (χ0n) is 23.8. The Morgan fingerprint density at radius 2 is 0.882 bits per heavy atom. The van der Waals surface area contributed by atoms with Gasteiger partial charge < -0.3 is 4.74 Å². The van der Waals surface area contributed by atoms with Crippen LogP contribution in [0.1, 0.15) is 169 Å². The third-order valence-electron chi connectivity index (χ3n) is 6.93. The molecule has 0 spiro atoms. The van der Waals surface area contributed by atoms with E-state index < -0.39 is 0 Å². The van der Waals surface area contributed by atoms with Gasteiger partial charge in [-0.2, -0.15) is 12.6 Å². The second kappa shape index (κ2) is 25.9. The number of carbonyl (C=O) groups is 1. The molecule has 0 aromatic heterocycles. The van der Waals surface area contributed by atoms with Crippen LogP contribution in [0.5, 0.6) is 0 Å². The maximum absolute atomic E-state index is 11.9. The van der Waals surface area contributed by atoms with Crippen LogP contribution < -0.4 is 0 Å². The monoisotopic (exact) mass is 498 g/mol. The highest BCUT2D eigenvalue weighted by Crippen LogP contribution is 2.18. The van der Waals surface area contributed by atoms with Crippen molar-refractivity contribution in [3.63, 3.8) is 0 Å². The molecule has 34 heavy (non-hydrogen) atoms. The Hall–Kier alpha value is -0.180. The number of thiol groups is 1. The molecule has 0 amide bonds. The van der Waals surface area contributed by atoms with E-state index in [9.17, 15) is 4.79 Å². The first-order valence-electron chi connectivity index (χ1n) is 15.3. The minimum atomic E-state index is -0.0147. The van der Waals surface area contributed by atoms with E-state index in [2.05, 4.69) is 27.7 Å². The Balaban J connectivity index is 3.30. The van der Waals surface area contributed by atoms with E-state index in [1.165, 1.54) is 116 Å². The Morgan fingerprint density at radius 1 is 0.529 bits per heavy atom. The van der Waals surface area contributed by atoms with Gasteiger partial charge in [-0.15, -0.1) is 0 Å². The van der Waals surface area contributed by atoms with Gasteiger partial charge in [0.25, 0.3) is 0 Å². The van der Waals surface area contributed by atoms with Crippen LogP contribution in [0, 0.1) is 11.8 Å². The van der Waals surface area contributed by atoms with E-state index in [0.29, 0.717) is 18.3 Å². The van der Waals surface area contributed by atoms with E-state index in [1.54, 1.807) is 0 Å². The van der Waals surface area contributed by atoms with Crippen molar-refractivity contribution in [3.05, 3.63) is 0 Å². The maximum atomic E-state index is 11.9. The molecule has 0 radical (unpaired) electrons. The van der Waals surface area contributed by atoms with E-state index in [4.69, 9.17) is 17.4 Å². The summed E-state index contributed by atoms with van der Waals surface area (Å²) < 4.78 is 5.41. The molecule has 3 heteroatoms. The molecule has 0 aliphatic rings. The van der Waals surface area contributed by atoms with Crippen molar-refractivity contribution in [2.75, 3.05) is 6.61 Å². The first kappa shape index (κ1) is 33.8. The molecule has 0 aromatic carbocycles. The third-order valence-corrected chi connectivity index (χ3v) is 7.44. The molecule has 1 unspecified atom stereocenters. The molecule has 0 fully saturated rings. The molecule has 0 saturated carbocycles. The van der Waals surface area contributed by atoms with Crippen LogP contribution in [-0.2, 0) is 9.53 Å². The number of ether oxygens (including phenoxy) is 1. The van der Waals surface area contributed by atoms with Gasteiger partial charge in [-0.05, 0) is 37.5 Å². The molecule has 0 aliphatic heterocycles. The number of unbranched alkanes of at least 4 members (excludes halogenated alkanes) is 14. The van der Waals surface area contributed by atoms with Crippen molar-refractivity contribution >= 4 is 18.6 Å². The van der Waals surface area contributed by atoms with Crippen LogP contribution >= 0.6 is 12.6 Å². The zero-order chi connectivity index (χ0) is 25.3. The number of hydrogen-bond acceptors (Lipinski definition) is 3. The van der Waals surface area contributed by atoms with E-state index in [1.807, 2.05) is 0 Å². The van der Waals surface area contributed by atoms with Gasteiger partial charge in [0, 0.05) is 11.7 Å². The van der Waals surface area contributed by atoms with Crippen LogP contribution in [-0.4, -0.2) is 17.8 Å². The highest BCUT2D eigenvalue weighted by molar-refractivity contribution is 7.80. The number of hydrogen-bond donors (Lipinski definition) is 1.